The van der Waals surface area contributed by atoms with Gasteiger partial charge in [-0.1, -0.05) is 0 Å². The summed E-state index contributed by atoms with van der Waals surface area (Å²) in [5.41, 5.74) is -3.40. The number of carbonyl (C=O) groups is 6. The van der Waals surface area contributed by atoms with E-state index in [1.165, 1.54) is 4.90 Å². The Balaban J connectivity index is 0.000000214. The second-order valence-corrected chi connectivity index (χ2v) is 17.8. The summed E-state index contributed by atoms with van der Waals surface area (Å²) >= 11 is 5.42. The van der Waals surface area contributed by atoms with Crippen molar-refractivity contribution >= 4 is 79.8 Å². The van der Waals surface area contributed by atoms with Crippen LogP contribution >= 0.6 is 38.6 Å². The number of likely N-dealkylation sites (tertiary alicyclic amines) is 2. The Bertz CT molecular complexity index is 1740. The molecule has 0 unspecified atom stereocenters. The molecule has 6 heterocycles. The number of urea groups is 2. The van der Waals surface area contributed by atoms with Gasteiger partial charge in [-0.25, -0.2) is 34.0 Å². The lowest BCUT2D eigenvalue weighted by molar-refractivity contribution is -0.140. The quantitative estimate of drug-likeness (QED) is 0.296. The van der Waals surface area contributed by atoms with Crippen LogP contribution in [0, 0.1) is 6.92 Å². The van der Waals surface area contributed by atoms with Gasteiger partial charge in [-0.05, 0) is 90.1 Å². The van der Waals surface area contributed by atoms with Crippen molar-refractivity contribution in [2.75, 3.05) is 31.1 Å². The maximum absolute atomic E-state index is 12.9. The Kier molecular flexibility index (Phi) is 12.6. The zero-order valence-electron chi connectivity index (χ0n) is 30.6. The number of aromatic nitrogens is 2. The highest BCUT2D eigenvalue weighted by atomic mass is 79.9. The Labute approximate surface area is 325 Å². The third kappa shape index (κ3) is 10.6. The minimum Gasteiger partial charge on any atom is -0.444 e. The van der Waals surface area contributed by atoms with Gasteiger partial charge in [0, 0.05) is 42.6 Å². The monoisotopic (exact) mass is 866 g/mol. The van der Waals surface area contributed by atoms with E-state index >= 15 is 0 Å². The first-order chi connectivity index (χ1) is 24.8. The number of imide groups is 2. The molecule has 4 saturated heterocycles. The summed E-state index contributed by atoms with van der Waals surface area (Å²) in [5, 5.41) is 9.88. The molecule has 2 spiro atoms. The van der Waals surface area contributed by atoms with E-state index in [4.69, 9.17) is 9.47 Å². The van der Waals surface area contributed by atoms with Crippen molar-refractivity contribution in [2.24, 2.45) is 0 Å². The van der Waals surface area contributed by atoms with Gasteiger partial charge in [-0.3, -0.25) is 14.9 Å². The molecule has 16 nitrogen and oxygen atoms in total. The zero-order chi connectivity index (χ0) is 40.4. The number of amides is 8. The summed E-state index contributed by atoms with van der Waals surface area (Å²) in [7, 11) is 0. The fraction of sp³-hybridized carbons (Fsp3) is 0.625. The molecule has 0 aliphatic carbocycles. The minimum absolute atomic E-state index is 0.130. The number of carbonyl (C=O) groups excluding carboxylic acids is 6. The summed E-state index contributed by atoms with van der Waals surface area (Å²) in [4.78, 5) is 83.2. The highest BCUT2D eigenvalue weighted by Gasteiger charge is 2.55. The Morgan fingerprint density at radius 2 is 1.30 bits per heavy atom. The molecule has 3 N–H and O–H groups in total. The molecule has 2 aromatic rings. The van der Waals surface area contributed by atoms with Gasteiger partial charge in [0.25, 0.3) is 11.8 Å². The van der Waals surface area contributed by atoms with Crippen LogP contribution in [0.5, 0.6) is 0 Å². The van der Waals surface area contributed by atoms with Crippen LogP contribution < -0.4 is 20.9 Å². The van der Waals surface area contributed by atoms with Gasteiger partial charge in [0.05, 0.1) is 0 Å². The summed E-state index contributed by atoms with van der Waals surface area (Å²) in [6.07, 6.45) is -4.49. The van der Waals surface area contributed by atoms with Crippen molar-refractivity contribution in [3.63, 3.8) is 0 Å². The molecule has 0 aromatic carbocycles. The zero-order valence-corrected chi connectivity index (χ0v) is 33.9. The van der Waals surface area contributed by atoms with Crippen molar-refractivity contribution in [2.45, 2.75) is 103 Å². The first-order valence-corrected chi connectivity index (χ1v) is 19.2. The van der Waals surface area contributed by atoms with Gasteiger partial charge in [0.15, 0.2) is 9.61 Å². The summed E-state index contributed by atoms with van der Waals surface area (Å²) in [6.45, 7) is 13.7. The molecule has 0 bridgehead atoms. The number of thiazole rings is 2. The molecule has 0 atom stereocenters. The highest BCUT2D eigenvalue weighted by molar-refractivity contribution is 9.11. The number of nitrogens with one attached hydrogen (secondary N) is 3. The van der Waals surface area contributed by atoms with Crippen LogP contribution in [-0.4, -0.2) is 104 Å². The average molecular weight is 868 g/mol. The van der Waals surface area contributed by atoms with Crippen molar-refractivity contribution in [3.05, 3.63) is 26.1 Å². The predicted octanol–water partition coefficient (Wildman–Crippen LogP) is 5.80. The van der Waals surface area contributed by atoms with Crippen LogP contribution in [0.15, 0.2) is 14.7 Å². The van der Waals surface area contributed by atoms with Crippen LogP contribution in [0.25, 0.3) is 0 Å². The Hall–Kier alpha value is -4.05. The van der Waals surface area contributed by atoms with Crippen LogP contribution in [-0.2, 0) is 25.2 Å². The normalized spacial score (nSPS) is 19.4. The summed E-state index contributed by atoms with van der Waals surface area (Å²) < 4.78 is 49.8. The molecule has 8 amide bonds. The van der Waals surface area contributed by atoms with E-state index < -0.39 is 58.2 Å². The smallest absolute Gasteiger partial charge is 0.434 e. The summed E-state index contributed by atoms with van der Waals surface area (Å²) in [5.74, 6) is -0.967. The number of aryl methyl sites for hydroxylation is 1. The minimum atomic E-state index is -4.66. The van der Waals surface area contributed by atoms with Crippen LogP contribution in [0.2, 0.25) is 0 Å². The molecule has 6 rings (SSSR count). The molecule has 298 valence electrons. The van der Waals surface area contributed by atoms with Gasteiger partial charge in [0.1, 0.15) is 22.3 Å². The number of ether oxygens (including phenoxy) is 2. The lowest BCUT2D eigenvalue weighted by Gasteiger charge is -2.37. The Morgan fingerprint density at radius 1 is 0.796 bits per heavy atom. The molecule has 4 aliphatic heterocycles. The number of alkyl halides is 3. The van der Waals surface area contributed by atoms with Gasteiger partial charge in [-0.15, -0.1) is 22.7 Å². The molecular weight excluding hydrogens is 825 g/mol. The molecular formula is C32H42BrF3N8O8S2. The van der Waals surface area contributed by atoms with Crippen molar-refractivity contribution in [1.82, 2.24) is 35.7 Å². The summed E-state index contributed by atoms with van der Waals surface area (Å²) in [6, 6.07) is -1.28. The fourth-order valence-corrected chi connectivity index (χ4v) is 7.53. The van der Waals surface area contributed by atoms with E-state index in [-0.39, 0.29) is 43.1 Å². The molecule has 22 heteroatoms. The lowest BCUT2D eigenvalue weighted by atomic mass is 9.87. The molecule has 54 heavy (non-hydrogen) atoms. The molecule has 0 radical (unpaired) electrons. The van der Waals surface area contributed by atoms with Crippen LogP contribution in [0.4, 0.5) is 37.5 Å². The van der Waals surface area contributed by atoms with E-state index in [0.717, 1.165) is 15.0 Å². The number of hydrogen-bond acceptors (Lipinski definition) is 12. The third-order valence-electron chi connectivity index (χ3n) is 8.28. The van der Waals surface area contributed by atoms with Crippen LogP contribution in [0.1, 0.15) is 78.6 Å². The number of piperidine rings is 2. The number of halogens is 4. The number of rotatable bonds is 1. The first kappa shape index (κ1) is 42.7. The Morgan fingerprint density at radius 3 is 1.65 bits per heavy atom. The van der Waals surface area contributed by atoms with Crippen molar-refractivity contribution in [1.29, 1.82) is 0 Å². The fourth-order valence-electron chi connectivity index (χ4n) is 5.63. The first-order valence-electron chi connectivity index (χ1n) is 16.7. The molecule has 4 fully saturated rings. The van der Waals surface area contributed by atoms with Crippen LogP contribution in [0.3, 0.4) is 0 Å². The van der Waals surface area contributed by atoms with Gasteiger partial charge >= 0.3 is 30.4 Å². The maximum atomic E-state index is 12.9. The largest absolute Gasteiger partial charge is 0.444 e. The molecule has 0 saturated carbocycles. The SMILES string of the molecule is CC(C)(C)OC(=O)N1CCC2(CC1)NC(=O)N(c1nc(C(F)(F)F)cs1)C2=O.CC(C)(C)OC(=O)N1CCC2(CC1)NC(=O)NC2=O.Cc1csc(Br)n1. The lowest BCUT2D eigenvalue weighted by Crippen LogP contribution is -2.56. The number of nitrogens with zero attached hydrogens (tertiary/aromatic N) is 5. The number of anilines is 1. The average Bonchev–Trinajstić information content (AvgIpc) is 3.79. The van der Waals surface area contributed by atoms with E-state index in [2.05, 4.69) is 41.8 Å². The van der Waals surface area contributed by atoms with Gasteiger partial charge in [0.2, 0.25) is 5.13 Å². The molecule has 4 aliphatic rings. The van der Waals surface area contributed by atoms with Crippen molar-refractivity contribution in [3.8, 4) is 0 Å². The maximum Gasteiger partial charge on any atom is 0.434 e. The van der Waals surface area contributed by atoms with E-state index in [9.17, 15) is 41.9 Å². The van der Waals surface area contributed by atoms with E-state index in [0.29, 0.717) is 42.2 Å². The highest BCUT2D eigenvalue weighted by Crippen LogP contribution is 2.37. The second-order valence-electron chi connectivity index (χ2n) is 14.8. The van der Waals surface area contributed by atoms with E-state index in [1.807, 2.05) is 12.3 Å². The third-order valence-corrected chi connectivity index (χ3v) is 10.6. The second kappa shape index (κ2) is 16.0. The van der Waals surface area contributed by atoms with Crippen molar-refractivity contribution < 1.29 is 51.4 Å². The standard InChI is InChI=1S/C16H19F3N4O4S.C12H19N3O4.C4H4BrNS/c1-14(2,3)27-13(26)22-6-4-15(5-7-22)10(24)23(11(25)21-15)12-20-9(8-28-12)16(17,18)19;1-11(2,3)19-10(18)15-6-4-12(5-7-15)8(16)13-9(17)14-12;1-3-2-7-4(5)6-3/h8H,4-7H2,1-3H3,(H,21,25);4-7H2,1-3H3,(H2,13,14,16,17);2H,1H3. The topological polar surface area (TPSA) is 192 Å². The number of hydrogen-bond donors (Lipinski definition) is 3. The van der Waals surface area contributed by atoms with Gasteiger partial charge < -0.3 is 29.9 Å². The molecule has 2 aromatic heterocycles. The predicted molar refractivity (Wildman–Crippen MR) is 194 cm³/mol. The van der Waals surface area contributed by atoms with E-state index in [1.54, 1.807) is 57.8 Å². The van der Waals surface area contributed by atoms with Gasteiger partial charge in [-0.2, -0.15) is 13.2 Å².